The average Bonchev–Trinajstić information content (AvgIpc) is 4.24. The fraction of sp³-hybridized carbons (Fsp3) is 0.267. The Morgan fingerprint density at radius 1 is 0.842 bits per heavy atom. The quantitative estimate of drug-likeness (QED) is 0.0701. The van der Waals surface area contributed by atoms with Crippen LogP contribution in [-0.4, -0.2) is 95.7 Å². The summed E-state index contributed by atoms with van der Waals surface area (Å²) in [5.41, 5.74) is 2.34. The lowest BCUT2D eigenvalue weighted by Gasteiger charge is -2.46. The van der Waals surface area contributed by atoms with Gasteiger partial charge in [-0.2, -0.15) is 0 Å². The van der Waals surface area contributed by atoms with Crippen molar-refractivity contribution in [2.24, 2.45) is 11.8 Å². The molecule has 10 rings (SSSR count). The Morgan fingerprint density at radius 2 is 1.51 bits per heavy atom. The molecule has 1 aromatic heterocycles. The Kier molecular flexibility index (Phi) is 14.8. The average molecular weight is 1040 g/mol. The molecule has 7 aromatic rings. The second-order valence-electron chi connectivity index (χ2n) is 19.4. The number of nitrogens with zero attached hydrogens (tertiary/aromatic N) is 4. The first-order valence-corrected chi connectivity index (χ1v) is 25.9. The van der Waals surface area contributed by atoms with E-state index in [9.17, 15) is 9.90 Å². The van der Waals surface area contributed by atoms with E-state index in [1.165, 1.54) is 18.4 Å². The van der Waals surface area contributed by atoms with Crippen LogP contribution in [0.5, 0.6) is 5.75 Å². The maximum Gasteiger partial charge on any atom is 0.329 e. The fourth-order valence-corrected chi connectivity index (χ4v) is 11.9. The SMILES string of the molecule is COC(=O)[C@@H](NC(=O)N1C(=O)[C@@]2(c3cc(C#CCN(C)Cc4ccccc4)ccc31)[C@H](c1ccc(OCCO)cc1)N1[C@H](c3ccccc3)[C@H](c3ccccc3)OC(=O)[C@H]1[C@@H]2C(=O)Nc1nc2ccccc2s1)C(C)C. The molecule has 2 fully saturated rings. The van der Waals surface area contributed by atoms with Gasteiger partial charge >= 0.3 is 18.0 Å². The third-order valence-corrected chi connectivity index (χ3v) is 15.3. The van der Waals surface area contributed by atoms with Crippen LogP contribution in [0.2, 0.25) is 0 Å². The molecular formula is C60H56N6O9S. The number of hydrogen-bond acceptors (Lipinski definition) is 13. The number of fused-ring (bicyclic) bond motifs is 4. The van der Waals surface area contributed by atoms with Crippen molar-refractivity contribution in [2.75, 3.05) is 44.1 Å². The van der Waals surface area contributed by atoms with Crippen LogP contribution >= 0.6 is 11.3 Å². The maximum atomic E-state index is 16.8. The molecule has 7 atom stereocenters. The highest BCUT2D eigenvalue weighted by Gasteiger charge is 2.75. The minimum absolute atomic E-state index is 0.0142. The number of esters is 2. The number of imide groups is 1. The van der Waals surface area contributed by atoms with Crippen molar-refractivity contribution in [3.8, 4) is 17.6 Å². The molecule has 0 aliphatic carbocycles. The summed E-state index contributed by atoms with van der Waals surface area (Å²) in [7, 11) is 3.18. The second-order valence-corrected chi connectivity index (χ2v) is 20.4. The van der Waals surface area contributed by atoms with Crippen molar-refractivity contribution < 1.29 is 43.3 Å². The number of cyclic esters (lactones) is 1. The summed E-state index contributed by atoms with van der Waals surface area (Å²) in [6.45, 7) is 4.27. The molecule has 76 heavy (non-hydrogen) atoms. The Hall–Kier alpha value is -8.20. The number of methoxy groups -OCH3 is 1. The van der Waals surface area contributed by atoms with Crippen molar-refractivity contribution in [1.29, 1.82) is 0 Å². The van der Waals surface area contributed by atoms with Crippen LogP contribution < -0.4 is 20.3 Å². The zero-order chi connectivity index (χ0) is 53.1. The van der Waals surface area contributed by atoms with Gasteiger partial charge in [0, 0.05) is 12.1 Å². The molecule has 2 saturated heterocycles. The molecule has 16 heteroatoms. The van der Waals surface area contributed by atoms with Gasteiger partial charge in [-0.05, 0) is 83.2 Å². The van der Waals surface area contributed by atoms with Gasteiger partial charge in [0.1, 0.15) is 36.0 Å². The Balaban J connectivity index is 1.24. The molecule has 3 aliphatic heterocycles. The van der Waals surface area contributed by atoms with E-state index in [1.807, 2.05) is 127 Å². The standard InChI is InChI=1S/C60H56N6O9S/c1-37(2)49(55(69)73-4)62-59(72)65-46-31-26-38(19-16-32-64(3)36-39-17-8-5-9-18-39)35-44(46)60(57(65)71)48(54(68)63-58-61-45-24-14-15-25-47(45)76-58)51-56(70)75-52(41-22-12-7-13-23-41)50(40-20-10-6-11-21-40)66(51)53(60)42-27-29-43(30-28-42)74-34-33-67/h5-15,17-18,20-31,35,37,48-53,67H,32-34,36H2,1-4H3,(H,62,72)(H,61,63,68)/t48-,49+,50-,51-,52+,53+,60-/m1/s1. The Morgan fingerprint density at radius 3 is 2.18 bits per heavy atom. The van der Waals surface area contributed by atoms with Gasteiger partial charge in [-0.3, -0.25) is 24.2 Å². The van der Waals surface area contributed by atoms with Gasteiger partial charge in [-0.15, -0.1) is 0 Å². The minimum atomic E-state index is -2.14. The Bertz CT molecular complexity index is 3310. The summed E-state index contributed by atoms with van der Waals surface area (Å²) in [4.78, 5) is 86.8. The summed E-state index contributed by atoms with van der Waals surface area (Å²) < 4.78 is 18.4. The molecule has 15 nitrogen and oxygen atoms in total. The molecule has 4 amide bonds. The number of thiazole rings is 1. The smallest absolute Gasteiger partial charge is 0.329 e. The van der Waals surface area contributed by atoms with E-state index in [1.54, 1.807) is 56.3 Å². The first kappa shape index (κ1) is 51.3. The summed E-state index contributed by atoms with van der Waals surface area (Å²) in [6, 6.07) is 42.6. The summed E-state index contributed by atoms with van der Waals surface area (Å²) >= 11 is 1.24. The van der Waals surface area contributed by atoms with Crippen LogP contribution in [0.25, 0.3) is 10.2 Å². The zero-order valence-electron chi connectivity index (χ0n) is 42.3. The lowest BCUT2D eigenvalue weighted by molar-refractivity contribution is -0.177. The molecule has 3 N–H and O–H groups in total. The number of nitrogens with one attached hydrogen (secondary N) is 2. The van der Waals surface area contributed by atoms with E-state index in [-0.39, 0.29) is 29.6 Å². The molecule has 6 aromatic carbocycles. The number of aliphatic hydroxyl groups is 1. The molecule has 0 radical (unpaired) electrons. The second kappa shape index (κ2) is 21.9. The molecule has 4 heterocycles. The van der Waals surface area contributed by atoms with Crippen molar-refractivity contribution >= 4 is 62.2 Å². The van der Waals surface area contributed by atoms with E-state index in [2.05, 4.69) is 27.4 Å². The minimum Gasteiger partial charge on any atom is -0.491 e. The number of carbonyl (C=O) groups is 5. The number of anilines is 2. The number of morpholine rings is 1. The predicted octanol–water partition coefficient (Wildman–Crippen LogP) is 8.36. The van der Waals surface area contributed by atoms with Gasteiger partial charge in [0.2, 0.25) is 11.8 Å². The molecule has 1 spiro atoms. The number of para-hydroxylation sites is 1. The van der Waals surface area contributed by atoms with Gasteiger partial charge in [-0.1, -0.05) is 152 Å². The van der Waals surface area contributed by atoms with Gasteiger partial charge in [0.25, 0.3) is 0 Å². The number of aliphatic hydroxyl groups excluding tert-OH is 1. The van der Waals surface area contributed by atoms with Crippen molar-refractivity contribution in [3.63, 3.8) is 0 Å². The molecule has 386 valence electrons. The zero-order valence-corrected chi connectivity index (χ0v) is 43.1. The van der Waals surface area contributed by atoms with Gasteiger partial charge < -0.3 is 30.0 Å². The van der Waals surface area contributed by atoms with Crippen LogP contribution in [0.4, 0.5) is 15.6 Å². The normalized spacial score (nSPS) is 21.1. The highest BCUT2D eigenvalue weighted by atomic mass is 32.1. The molecule has 0 saturated carbocycles. The number of carbonyl (C=O) groups excluding carboxylic acids is 5. The largest absolute Gasteiger partial charge is 0.491 e. The number of ether oxygens (including phenoxy) is 3. The van der Waals surface area contributed by atoms with E-state index >= 15 is 19.2 Å². The molecule has 3 aliphatic rings. The lowest BCUT2D eigenvalue weighted by Crippen LogP contribution is -2.57. The highest BCUT2D eigenvalue weighted by Crippen LogP contribution is 2.66. The van der Waals surface area contributed by atoms with E-state index in [4.69, 9.17) is 19.2 Å². The van der Waals surface area contributed by atoms with E-state index in [0.717, 1.165) is 20.7 Å². The lowest BCUT2D eigenvalue weighted by atomic mass is 9.65. The van der Waals surface area contributed by atoms with Crippen LogP contribution in [-0.2, 0) is 40.6 Å². The van der Waals surface area contributed by atoms with Crippen molar-refractivity contribution in [2.45, 2.75) is 56.1 Å². The third-order valence-electron chi connectivity index (χ3n) is 14.3. The number of hydrogen-bond donors (Lipinski definition) is 3. The van der Waals surface area contributed by atoms with Crippen molar-refractivity contribution in [3.05, 3.63) is 191 Å². The molecule has 0 unspecified atom stereocenters. The van der Waals surface area contributed by atoms with Gasteiger partial charge in [0.05, 0.1) is 54.2 Å². The van der Waals surface area contributed by atoms with Crippen LogP contribution in [0.1, 0.15) is 65.4 Å². The number of benzene rings is 6. The first-order valence-electron chi connectivity index (χ1n) is 25.1. The van der Waals surface area contributed by atoms with Gasteiger partial charge in [0.15, 0.2) is 5.13 Å². The van der Waals surface area contributed by atoms with Crippen LogP contribution in [0.15, 0.2) is 158 Å². The number of aromatic nitrogens is 1. The monoisotopic (exact) mass is 1040 g/mol. The predicted molar refractivity (Wildman–Crippen MR) is 288 cm³/mol. The van der Waals surface area contributed by atoms with Crippen LogP contribution in [0.3, 0.4) is 0 Å². The summed E-state index contributed by atoms with van der Waals surface area (Å²) in [5, 5.41) is 15.8. The van der Waals surface area contributed by atoms with Crippen LogP contribution in [0, 0.1) is 23.7 Å². The fourth-order valence-electron chi connectivity index (χ4n) is 11.1. The molecular weight excluding hydrogens is 981 g/mol. The van der Waals surface area contributed by atoms with Gasteiger partial charge in [-0.25, -0.2) is 19.5 Å². The molecule has 0 bridgehead atoms. The third kappa shape index (κ3) is 9.58. The first-order chi connectivity index (χ1) is 36.9. The number of urea groups is 1. The summed E-state index contributed by atoms with van der Waals surface area (Å²) in [6.07, 6.45) is -0.961. The topological polar surface area (TPSA) is 180 Å². The highest BCUT2D eigenvalue weighted by molar-refractivity contribution is 7.22. The number of amides is 4. The maximum absolute atomic E-state index is 16.8. The number of rotatable bonds is 14. The summed E-state index contributed by atoms with van der Waals surface area (Å²) in [5.74, 6) is 1.87. The van der Waals surface area contributed by atoms with Crippen molar-refractivity contribution in [1.82, 2.24) is 20.1 Å². The van der Waals surface area contributed by atoms with E-state index in [0.29, 0.717) is 41.0 Å². The Labute approximate surface area is 444 Å². The van der Waals surface area contributed by atoms with E-state index < -0.39 is 77.3 Å².